The Bertz CT molecular complexity index is 311. The second-order valence-electron chi connectivity index (χ2n) is 3.32. The third-order valence-electron chi connectivity index (χ3n) is 1.89. The third kappa shape index (κ3) is 5.72. The maximum Gasteiger partial charge on any atom is 0.522 e. The summed E-state index contributed by atoms with van der Waals surface area (Å²) in [4.78, 5) is 0. The monoisotopic (exact) mass is 237 g/mol. The van der Waals surface area contributed by atoms with Crippen LogP contribution in [0.25, 0.3) is 0 Å². The van der Waals surface area contributed by atoms with E-state index in [1.54, 1.807) is 10.9 Å². The van der Waals surface area contributed by atoms with Crippen molar-refractivity contribution >= 4 is 0 Å². The van der Waals surface area contributed by atoms with Crippen molar-refractivity contribution in [2.45, 2.75) is 12.8 Å². The van der Waals surface area contributed by atoms with Gasteiger partial charge < -0.3 is 5.32 Å². The van der Waals surface area contributed by atoms with Gasteiger partial charge in [0.1, 0.15) is 0 Å². The molecule has 16 heavy (non-hydrogen) atoms. The lowest BCUT2D eigenvalue weighted by molar-refractivity contribution is -0.323. The molecule has 0 unspecified atom stereocenters. The van der Waals surface area contributed by atoms with Crippen LogP contribution in [0.3, 0.4) is 0 Å². The molecule has 1 N–H and O–H groups in total. The van der Waals surface area contributed by atoms with Crippen molar-refractivity contribution in [3.63, 3.8) is 0 Å². The van der Waals surface area contributed by atoms with Gasteiger partial charge in [-0.25, -0.2) is 0 Å². The average Bonchev–Trinajstić information content (AvgIpc) is 2.56. The van der Waals surface area contributed by atoms with Crippen LogP contribution in [0.2, 0.25) is 0 Å². The average molecular weight is 237 g/mol. The van der Waals surface area contributed by atoms with E-state index in [4.69, 9.17) is 0 Å². The summed E-state index contributed by atoms with van der Waals surface area (Å²) in [6, 6.07) is 0. The standard InChI is InChI=1S/C9H14F3N3O/c1-15-7-8(6-14-15)2-3-13-4-5-16-9(10,11)12/h6-7,13H,2-5H2,1H3. The molecular weight excluding hydrogens is 223 g/mol. The van der Waals surface area contributed by atoms with Crippen molar-refractivity contribution in [1.29, 1.82) is 0 Å². The maximum atomic E-state index is 11.6. The van der Waals surface area contributed by atoms with Gasteiger partial charge in [-0.05, 0) is 18.5 Å². The van der Waals surface area contributed by atoms with Gasteiger partial charge in [0.15, 0.2) is 0 Å². The van der Waals surface area contributed by atoms with E-state index in [2.05, 4.69) is 15.2 Å². The fourth-order valence-electron chi connectivity index (χ4n) is 1.20. The molecule has 0 atom stereocenters. The van der Waals surface area contributed by atoms with Crippen LogP contribution in [0.4, 0.5) is 13.2 Å². The molecule has 4 nitrogen and oxygen atoms in total. The van der Waals surface area contributed by atoms with Gasteiger partial charge in [0.25, 0.3) is 0 Å². The molecule has 0 aliphatic rings. The van der Waals surface area contributed by atoms with E-state index in [0.717, 1.165) is 12.0 Å². The van der Waals surface area contributed by atoms with Crippen molar-refractivity contribution in [3.8, 4) is 0 Å². The molecule has 0 aliphatic carbocycles. The van der Waals surface area contributed by atoms with Crippen molar-refractivity contribution < 1.29 is 17.9 Å². The lowest BCUT2D eigenvalue weighted by Gasteiger charge is -2.07. The highest BCUT2D eigenvalue weighted by Crippen LogP contribution is 2.14. The Labute approximate surface area is 91.4 Å². The molecule has 0 fully saturated rings. The van der Waals surface area contributed by atoms with Crippen LogP contribution in [0.5, 0.6) is 0 Å². The fourth-order valence-corrected chi connectivity index (χ4v) is 1.20. The van der Waals surface area contributed by atoms with E-state index < -0.39 is 6.36 Å². The van der Waals surface area contributed by atoms with E-state index >= 15 is 0 Å². The molecule has 1 aromatic rings. The highest BCUT2D eigenvalue weighted by atomic mass is 19.4. The molecular formula is C9H14F3N3O. The van der Waals surface area contributed by atoms with Crippen LogP contribution < -0.4 is 5.32 Å². The molecule has 0 bridgehead atoms. The predicted molar refractivity (Wildman–Crippen MR) is 51.8 cm³/mol. The van der Waals surface area contributed by atoms with E-state index in [1.165, 1.54) is 0 Å². The summed E-state index contributed by atoms with van der Waals surface area (Å²) in [6.45, 7) is 0.420. The van der Waals surface area contributed by atoms with E-state index in [0.29, 0.717) is 6.54 Å². The first kappa shape index (κ1) is 13.0. The minimum atomic E-state index is -4.54. The minimum Gasteiger partial charge on any atom is -0.314 e. The molecule has 0 radical (unpaired) electrons. The van der Waals surface area contributed by atoms with Crippen LogP contribution >= 0.6 is 0 Å². The summed E-state index contributed by atoms with van der Waals surface area (Å²) in [7, 11) is 1.81. The van der Waals surface area contributed by atoms with E-state index in [-0.39, 0.29) is 13.2 Å². The molecule has 0 spiro atoms. The molecule has 0 aliphatic heterocycles. The number of rotatable bonds is 6. The number of ether oxygens (including phenoxy) is 1. The Balaban J connectivity index is 2.00. The Hall–Kier alpha value is -1.08. The van der Waals surface area contributed by atoms with Crippen molar-refractivity contribution in [2.75, 3.05) is 19.7 Å². The molecule has 0 aromatic carbocycles. The molecule has 0 saturated heterocycles. The number of alkyl halides is 3. The summed E-state index contributed by atoms with van der Waals surface area (Å²) in [6.07, 6.45) is -0.202. The number of hydrogen-bond acceptors (Lipinski definition) is 3. The van der Waals surface area contributed by atoms with Gasteiger partial charge >= 0.3 is 6.36 Å². The Kier molecular flexibility index (Phi) is 4.75. The molecule has 0 amide bonds. The predicted octanol–water partition coefficient (Wildman–Crippen LogP) is 1.09. The van der Waals surface area contributed by atoms with Crippen LogP contribution in [-0.2, 0) is 18.2 Å². The van der Waals surface area contributed by atoms with Gasteiger partial charge in [-0.1, -0.05) is 0 Å². The maximum absolute atomic E-state index is 11.6. The zero-order valence-electron chi connectivity index (χ0n) is 8.92. The summed E-state index contributed by atoms with van der Waals surface area (Å²) in [5, 5.41) is 6.83. The molecule has 0 saturated carbocycles. The summed E-state index contributed by atoms with van der Waals surface area (Å²) in [5.74, 6) is 0. The molecule has 92 valence electrons. The van der Waals surface area contributed by atoms with E-state index in [1.807, 2.05) is 13.2 Å². The summed E-state index contributed by atoms with van der Waals surface area (Å²) >= 11 is 0. The van der Waals surface area contributed by atoms with Crippen LogP contribution in [-0.4, -0.2) is 35.8 Å². The second kappa shape index (κ2) is 5.86. The number of halogens is 3. The lowest BCUT2D eigenvalue weighted by atomic mass is 10.2. The zero-order valence-corrected chi connectivity index (χ0v) is 8.92. The van der Waals surface area contributed by atoms with Gasteiger partial charge in [0, 0.05) is 19.8 Å². The number of nitrogens with zero attached hydrogens (tertiary/aromatic N) is 2. The molecule has 1 rings (SSSR count). The van der Waals surface area contributed by atoms with Gasteiger partial charge in [-0.15, -0.1) is 13.2 Å². The van der Waals surface area contributed by atoms with Crippen LogP contribution in [0, 0.1) is 0 Å². The van der Waals surface area contributed by atoms with Crippen LogP contribution in [0.15, 0.2) is 12.4 Å². The van der Waals surface area contributed by atoms with Crippen LogP contribution in [0.1, 0.15) is 5.56 Å². The number of nitrogens with one attached hydrogen (secondary N) is 1. The first-order chi connectivity index (χ1) is 7.47. The summed E-state index contributed by atoms with van der Waals surface area (Å²) in [5.41, 5.74) is 1.05. The lowest BCUT2D eigenvalue weighted by Crippen LogP contribution is -2.25. The minimum absolute atomic E-state index is 0.180. The topological polar surface area (TPSA) is 39.1 Å². The van der Waals surface area contributed by atoms with E-state index in [9.17, 15) is 13.2 Å². The number of hydrogen-bond donors (Lipinski definition) is 1. The van der Waals surface area contributed by atoms with Gasteiger partial charge in [0.05, 0.1) is 12.8 Å². The first-order valence-corrected chi connectivity index (χ1v) is 4.86. The largest absolute Gasteiger partial charge is 0.522 e. The van der Waals surface area contributed by atoms with Gasteiger partial charge in [0.2, 0.25) is 0 Å². The van der Waals surface area contributed by atoms with Crippen molar-refractivity contribution in [3.05, 3.63) is 18.0 Å². The molecule has 1 aromatic heterocycles. The molecule has 1 heterocycles. The van der Waals surface area contributed by atoms with Crippen molar-refractivity contribution in [2.24, 2.45) is 7.05 Å². The normalized spacial score (nSPS) is 12.0. The quantitative estimate of drug-likeness (QED) is 0.753. The molecule has 7 heteroatoms. The fraction of sp³-hybridized carbons (Fsp3) is 0.667. The SMILES string of the molecule is Cn1cc(CCNCCOC(F)(F)F)cn1. The third-order valence-corrected chi connectivity index (χ3v) is 1.89. The van der Waals surface area contributed by atoms with Crippen molar-refractivity contribution in [1.82, 2.24) is 15.1 Å². The zero-order chi connectivity index (χ0) is 12.0. The summed E-state index contributed by atoms with van der Waals surface area (Å²) < 4.78 is 40.0. The Morgan fingerprint density at radius 1 is 1.44 bits per heavy atom. The number of aromatic nitrogens is 2. The Morgan fingerprint density at radius 2 is 2.19 bits per heavy atom. The van der Waals surface area contributed by atoms with Gasteiger partial charge in [-0.3, -0.25) is 9.42 Å². The highest BCUT2D eigenvalue weighted by molar-refractivity contribution is 5.03. The second-order valence-corrected chi connectivity index (χ2v) is 3.32. The van der Waals surface area contributed by atoms with Gasteiger partial charge in [-0.2, -0.15) is 5.10 Å². The first-order valence-electron chi connectivity index (χ1n) is 4.86. The highest BCUT2D eigenvalue weighted by Gasteiger charge is 2.28. The smallest absolute Gasteiger partial charge is 0.314 e. The number of aryl methyl sites for hydroxylation is 1. The Morgan fingerprint density at radius 3 is 2.75 bits per heavy atom.